The second kappa shape index (κ2) is 3.68. The summed E-state index contributed by atoms with van der Waals surface area (Å²) in [6.45, 7) is 1.82. The van der Waals surface area contributed by atoms with Gasteiger partial charge in [0, 0.05) is 0 Å². The van der Waals surface area contributed by atoms with Gasteiger partial charge in [-0.15, -0.1) is 6.42 Å². The van der Waals surface area contributed by atoms with Crippen molar-refractivity contribution in [2.75, 3.05) is 13.1 Å². The van der Waals surface area contributed by atoms with Crippen LogP contribution >= 0.6 is 0 Å². The van der Waals surface area contributed by atoms with Crippen molar-refractivity contribution in [3.63, 3.8) is 0 Å². The van der Waals surface area contributed by atoms with Gasteiger partial charge in [0.25, 0.3) is 0 Å². The van der Waals surface area contributed by atoms with Crippen molar-refractivity contribution in [3.05, 3.63) is 24.2 Å². The molecule has 1 aliphatic rings. The fourth-order valence-corrected chi connectivity index (χ4v) is 1.94. The molecule has 1 fully saturated rings. The highest BCUT2D eigenvalue weighted by Crippen LogP contribution is 2.31. The number of terminal acetylenes is 1. The summed E-state index contributed by atoms with van der Waals surface area (Å²) < 4.78 is 5.38. The highest BCUT2D eigenvalue weighted by molar-refractivity contribution is 5.08. The Kier molecular flexibility index (Phi) is 2.37. The summed E-state index contributed by atoms with van der Waals surface area (Å²) in [4.78, 5) is 2.29. The van der Waals surface area contributed by atoms with Crippen molar-refractivity contribution >= 4 is 0 Å². The van der Waals surface area contributed by atoms with Crippen LogP contribution in [0.15, 0.2) is 22.8 Å². The predicted octanol–water partition coefficient (Wildman–Crippen LogP) is 2.05. The molecule has 2 heteroatoms. The van der Waals surface area contributed by atoms with Gasteiger partial charge in [-0.1, -0.05) is 5.92 Å². The molecule has 2 heterocycles. The van der Waals surface area contributed by atoms with E-state index in [9.17, 15) is 0 Å². The Balaban J connectivity index is 2.11. The van der Waals surface area contributed by atoms with Crippen LogP contribution in [0.4, 0.5) is 0 Å². The van der Waals surface area contributed by atoms with E-state index in [-0.39, 0.29) is 0 Å². The van der Waals surface area contributed by atoms with Gasteiger partial charge in [0.1, 0.15) is 5.76 Å². The minimum absolute atomic E-state index is 0.408. The van der Waals surface area contributed by atoms with Gasteiger partial charge in [-0.05, 0) is 31.5 Å². The maximum absolute atomic E-state index is 5.38. The monoisotopic (exact) mass is 175 g/mol. The summed E-state index contributed by atoms with van der Waals surface area (Å²) in [7, 11) is 0. The average Bonchev–Trinajstić information content (AvgIpc) is 2.71. The first-order chi connectivity index (χ1) is 6.42. The number of furan rings is 1. The molecule has 1 saturated heterocycles. The van der Waals surface area contributed by atoms with Gasteiger partial charge >= 0.3 is 0 Å². The quantitative estimate of drug-likeness (QED) is 0.640. The summed E-state index contributed by atoms with van der Waals surface area (Å²) in [6.07, 6.45) is 9.40. The number of hydrogen-bond acceptors (Lipinski definition) is 2. The molecule has 0 amide bonds. The van der Waals surface area contributed by atoms with E-state index in [1.807, 2.05) is 12.1 Å². The van der Waals surface area contributed by atoms with Crippen molar-refractivity contribution in [1.82, 2.24) is 4.90 Å². The van der Waals surface area contributed by atoms with Crippen LogP contribution in [0.5, 0.6) is 0 Å². The lowest BCUT2D eigenvalue weighted by molar-refractivity contribution is 0.255. The molecule has 1 atom stereocenters. The Morgan fingerprint density at radius 3 is 3.31 bits per heavy atom. The van der Waals surface area contributed by atoms with Crippen LogP contribution in [0, 0.1) is 12.3 Å². The molecule has 0 saturated carbocycles. The van der Waals surface area contributed by atoms with Crippen LogP contribution in [0.1, 0.15) is 24.6 Å². The smallest absolute Gasteiger partial charge is 0.120 e. The third-order valence-electron chi connectivity index (χ3n) is 2.53. The third kappa shape index (κ3) is 1.61. The minimum Gasteiger partial charge on any atom is -0.468 e. The maximum Gasteiger partial charge on any atom is 0.120 e. The second-order valence-corrected chi connectivity index (χ2v) is 3.35. The zero-order valence-corrected chi connectivity index (χ0v) is 7.57. The van der Waals surface area contributed by atoms with Crippen LogP contribution in [-0.2, 0) is 0 Å². The molecule has 1 aromatic heterocycles. The van der Waals surface area contributed by atoms with Crippen molar-refractivity contribution in [2.45, 2.75) is 18.9 Å². The highest BCUT2D eigenvalue weighted by atomic mass is 16.3. The van der Waals surface area contributed by atoms with E-state index in [2.05, 4.69) is 10.8 Å². The van der Waals surface area contributed by atoms with Gasteiger partial charge in [-0.25, -0.2) is 0 Å². The van der Waals surface area contributed by atoms with Gasteiger partial charge < -0.3 is 4.42 Å². The van der Waals surface area contributed by atoms with Crippen molar-refractivity contribution in [2.24, 2.45) is 0 Å². The van der Waals surface area contributed by atoms with Crippen molar-refractivity contribution in [3.8, 4) is 12.3 Å². The molecular formula is C11H13NO. The van der Waals surface area contributed by atoms with Crippen LogP contribution in [0.25, 0.3) is 0 Å². The number of likely N-dealkylation sites (tertiary alicyclic amines) is 1. The Bertz CT molecular complexity index is 296. The molecule has 13 heavy (non-hydrogen) atoms. The molecule has 0 radical (unpaired) electrons. The molecule has 0 aliphatic carbocycles. The topological polar surface area (TPSA) is 16.4 Å². The first-order valence-electron chi connectivity index (χ1n) is 4.62. The molecule has 0 aromatic carbocycles. The summed E-state index contributed by atoms with van der Waals surface area (Å²) in [5.41, 5.74) is 0. The van der Waals surface area contributed by atoms with E-state index in [4.69, 9.17) is 10.8 Å². The zero-order valence-electron chi connectivity index (χ0n) is 7.57. The van der Waals surface area contributed by atoms with E-state index < -0.39 is 0 Å². The first-order valence-corrected chi connectivity index (χ1v) is 4.62. The SMILES string of the molecule is C#CCN1CCCC1c1ccco1. The highest BCUT2D eigenvalue weighted by Gasteiger charge is 2.26. The van der Waals surface area contributed by atoms with Gasteiger partial charge in [-0.2, -0.15) is 0 Å². The van der Waals surface area contributed by atoms with Crippen molar-refractivity contribution in [1.29, 1.82) is 0 Å². The van der Waals surface area contributed by atoms with E-state index in [0.29, 0.717) is 6.04 Å². The van der Waals surface area contributed by atoms with E-state index in [1.165, 1.54) is 6.42 Å². The maximum atomic E-state index is 5.38. The Hall–Kier alpha value is -1.20. The van der Waals surface area contributed by atoms with Crippen LogP contribution < -0.4 is 0 Å². The Morgan fingerprint density at radius 2 is 2.62 bits per heavy atom. The molecule has 1 unspecified atom stereocenters. The molecule has 1 aliphatic heterocycles. The molecule has 0 spiro atoms. The van der Waals surface area contributed by atoms with Gasteiger partial charge in [0.2, 0.25) is 0 Å². The standard InChI is InChI=1S/C11H13NO/c1-2-7-12-8-3-5-10(12)11-6-4-9-13-11/h1,4,6,9-10H,3,5,7-8H2. The predicted molar refractivity (Wildman–Crippen MR) is 51.1 cm³/mol. The number of rotatable bonds is 2. The first kappa shape index (κ1) is 8.40. The molecule has 2 rings (SSSR count). The number of nitrogens with zero attached hydrogens (tertiary/aromatic N) is 1. The third-order valence-corrected chi connectivity index (χ3v) is 2.53. The summed E-state index contributed by atoms with van der Waals surface area (Å²) >= 11 is 0. The van der Waals surface area contributed by atoms with E-state index >= 15 is 0 Å². The molecule has 0 bridgehead atoms. The number of hydrogen-bond donors (Lipinski definition) is 0. The molecule has 68 valence electrons. The summed E-state index contributed by atoms with van der Waals surface area (Å²) in [6, 6.07) is 4.37. The molecule has 2 nitrogen and oxygen atoms in total. The molecule has 1 aromatic rings. The van der Waals surface area contributed by atoms with E-state index in [0.717, 1.165) is 25.3 Å². The van der Waals surface area contributed by atoms with Crippen molar-refractivity contribution < 1.29 is 4.42 Å². The lowest BCUT2D eigenvalue weighted by atomic mass is 10.2. The lowest BCUT2D eigenvalue weighted by Gasteiger charge is -2.19. The van der Waals surface area contributed by atoms with E-state index in [1.54, 1.807) is 6.26 Å². The second-order valence-electron chi connectivity index (χ2n) is 3.35. The fourth-order valence-electron chi connectivity index (χ4n) is 1.94. The Labute approximate surface area is 78.5 Å². The largest absolute Gasteiger partial charge is 0.468 e. The summed E-state index contributed by atoms with van der Waals surface area (Å²) in [5, 5.41) is 0. The van der Waals surface area contributed by atoms with Crippen LogP contribution in [0.3, 0.4) is 0 Å². The van der Waals surface area contributed by atoms with Gasteiger partial charge in [0.15, 0.2) is 0 Å². The normalized spacial score (nSPS) is 23.2. The van der Waals surface area contributed by atoms with Crippen LogP contribution in [-0.4, -0.2) is 18.0 Å². The van der Waals surface area contributed by atoms with Crippen LogP contribution in [0.2, 0.25) is 0 Å². The molecule has 0 N–H and O–H groups in total. The zero-order chi connectivity index (χ0) is 9.10. The molecular weight excluding hydrogens is 162 g/mol. The van der Waals surface area contributed by atoms with Gasteiger partial charge in [-0.3, -0.25) is 4.90 Å². The Morgan fingerprint density at radius 1 is 1.69 bits per heavy atom. The fraction of sp³-hybridized carbons (Fsp3) is 0.455. The minimum atomic E-state index is 0.408. The lowest BCUT2D eigenvalue weighted by Crippen LogP contribution is -2.23. The average molecular weight is 175 g/mol. The summed E-state index contributed by atoms with van der Waals surface area (Å²) in [5.74, 6) is 3.73. The van der Waals surface area contributed by atoms with Gasteiger partial charge in [0.05, 0.1) is 18.8 Å².